The highest BCUT2D eigenvalue weighted by Gasteiger charge is 2.24. The third kappa shape index (κ3) is 5.74. The molecule has 0 spiro atoms. The molecule has 0 aromatic carbocycles. The lowest BCUT2D eigenvalue weighted by molar-refractivity contribution is 0.276. The van der Waals surface area contributed by atoms with Gasteiger partial charge in [0.15, 0.2) is 0 Å². The van der Waals surface area contributed by atoms with Crippen molar-refractivity contribution in [3.63, 3.8) is 0 Å². The van der Waals surface area contributed by atoms with Crippen LogP contribution in [-0.2, 0) is 0 Å². The predicted octanol–water partition coefficient (Wildman–Crippen LogP) is 7.54. The first kappa shape index (κ1) is 18.1. The average molecular weight is 305 g/mol. The summed E-state index contributed by atoms with van der Waals surface area (Å²) in [5.41, 5.74) is 1.74. The minimum Gasteiger partial charge on any atom is -0.0822 e. The summed E-state index contributed by atoms with van der Waals surface area (Å²) in [5, 5.41) is 0. The molecule has 0 aromatic rings. The van der Waals surface area contributed by atoms with E-state index in [1.54, 1.807) is 5.57 Å². The Morgan fingerprint density at radius 3 is 1.95 bits per heavy atom. The van der Waals surface area contributed by atoms with Gasteiger partial charge in [0.1, 0.15) is 0 Å². The van der Waals surface area contributed by atoms with Crippen LogP contribution in [0.4, 0.5) is 0 Å². The molecule has 0 unspecified atom stereocenters. The van der Waals surface area contributed by atoms with E-state index in [-0.39, 0.29) is 0 Å². The van der Waals surface area contributed by atoms with Crippen molar-refractivity contribution in [2.24, 2.45) is 23.7 Å². The number of allylic oxidation sites excluding steroid dienone is 2. The Labute approximate surface area is 140 Å². The molecule has 2 fully saturated rings. The second kappa shape index (κ2) is 9.78. The van der Waals surface area contributed by atoms with Gasteiger partial charge in [-0.25, -0.2) is 0 Å². The summed E-state index contributed by atoms with van der Waals surface area (Å²) >= 11 is 0. The lowest BCUT2D eigenvalue weighted by Crippen LogP contribution is -2.17. The quantitative estimate of drug-likeness (QED) is 0.426. The van der Waals surface area contributed by atoms with Gasteiger partial charge in [0, 0.05) is 0 Å². The molecule has 0 aromatic heterocycles. The fourth-order valence-corrected chi connectivity index (χ4v) is 4.96. The Morgan fingerprint density at radius 1 is 0.773 bits per heavy atom. The van der Waals surface area contributed by atoms with Crippen LogP contribution in [0, 0.1) is 23.7 Å². The Balaban J connectivity index is 1.72. The molecule has 22 heavy (non-hydrogen) atoms. The Hall–Kier alpha value is -0.260. The number of hydrogen-bond donors (Lipinski definition) is 0. The number of unbranched alkanes of at least 4 members (excludes halogenated alkanes) is 1. The first-order chi connectivity index (χ1) is 10.7. The maximum absolute atomic E-state index is 2.70. The highest BCUT2D eigenvalue weighted by Crippen LogP contribution is 2.38. The molecule has 0 heterocycles. The van der Waals surface area contributed by atoms with E-state index in [1.165, 1.54) is 83.5 Å². The molecular formula is C22H40. The summed E-state index contributed by atoms with van der Waals surface area (Å²) in [7, 11) is 0. The second-order valence-corrected chi connectivity index (χ2v) is 8.34. The summed E-state index contributed by atoms with van der Waals surface area (Å²) in [4.78, 5) is 0. The van der Waals surface area contributed by atoms with Crippen LogP contribution in [0.2, 0.25) is 0 Å². The van der Waals surface area contributed by atoms with E-state index >= 15 is 0 Å². The van der Waals surface area contributed by atoms with Crippen molar-refractivity contribution in [3.8, 4) is 0 Å². The SMILES string of the molecule is CCCCC1CCC(/C=C(\C)C2CCC(CCC)CC2)CC1. The summed E-state index contributed by atoms with van der Waals surface area (Å²) in [6, 6.07) is 0. The van der Waals surface area contributed by atoms with Crippen molar-refractivity contribution >= 4 is 0 Å². The maximum atomic E-state index is 2.70. The molecule has 2 aliphatic rings. The zero-order valence-corrected chi connectivity index (χ0v) is 15.6. The minimum atomic E-state index is 0.909. The van der Waals surface area contributed by atoms with Crippen LogP contribution < -0.4 is 0 Å². The van der Waals surface area contributed by atoms with E-state index in [1.807, 2.05) is 0 Å². The van der Waals surface area contributed by atoms with Gasteiger partial charge in [-0.1, -0.05) is 57.6 Å². The van der Waals surface area contributed by atoms with Gasteiger partial charge < -0.3 is 0 Å². The van der Waals surface area contributed by atoms with Crippen LogP contribution in [0.15, 0.2) is 11.6 Å². The third-order valence-corrected chi connectivity index (χ3v) is 6.54. The van der Waals surface area contributed by atoms with Crippen LogP contribution in [-0.4, -0.2) is 0 Å². The van der Waals surface area contributed by atoms with Crippen molar-refractivity contribution in [1.29, 1.82) is 0 Å². The minimum absolute atomic E-state index is 0.909. The maximum Gasteiger partial charge on any atom is -0.0206 e. The Morgan fingerprint density at radius 2 is 1.36 bits per heavy atom. The molecule has 0 heteroatoms. The molecule has 0 saturated heterocycles. The molecule has 2 aliphatic carbocycles. The smallest absolute Gasteiger partial charge is 0.0206 e. The summed E-state index contributed by atoms with van der Waals surface area (Å²) in [5.74, 6) is 3.93. The van der Waals surface area contributed by atoms with Gasteiger partial charge in [0.05, 0.1) is 0 Å². The van der Waals surface area contributed by atoms with E-state index in [0.717, 1.165) is 23.7 Å². The van der Waals surface area contributed by atoms with Gasteiger partial charge in [-0.3, -0.25) is 0 Å². The van der Waals surface area contributed by atoms with Crippen LogP contribution in [0.3, 0.4) is 0 Å². The van der Waals surface area contributed by atoms with Gasteiger partial charge in [-0.15, -0.1) is 0 Å². The number of rotatable bonds is 7. The van der Waals surface area contributed by atoms with Crippen LogP contribution >= 0.6 is 0 Å². The fraction of sp³-hybridized carbons (Fsp3) is 0.909. The van der Waals surface area contributed by atoms with Crippen LogP contribution in [0.1, 0.15) is 104 Å². The number of hydrogen-bond acceptors (Lipinski definition) is 0. The lowest BCUT2D eigenvalue weighted by atomic mass is 9.75. The average Bonchev–Trinajstić information content (AvgIpc) is 2.55. The Kier molecular flexibility index (Phi) is 8.04. The van der Waals surface area contributed by atoms with Crippen molar-refractivity contribution < 1.29 is 0 Å². The Bertz CT molecular complexity index is 311. The third-order valence-electron chi connectivity index (χ3n) is 6.54. The summed E-state index contributed by atoms with van der Waals surface area (Å²) in [6.07, 6.45) is 21.7. The molecule has 0 atom stereocenters. The van der Waals surface area contributed by atoms with E-state index in [0.29, 0.717) is 0 Å². The fourth-order valence-electron chi connectivity index (χ4n) is 4.96. The van der Waals surface area contributed by atoms with Crippen molar-refractivity contribution in [2.45, 2.75) is 104 Å². The summed E-state index contributed by atoms with van der Waals surface area (Å²) in [6.45, 7) is 7.11. The molecule has 0 N–H and O–H groups in total. The zero-order chi connectivity index (χ0) is 15.8. The van der Waals surface area contributed by atoms with Gasteiger partial charge in [0.2, 0.25) is 0 Å². The molecule has 2 saturated carbocycles. The van der Waals surface area contributed by atoms with E-state index in [2.05, 4.69) is 26.8 Å². The first-order valence-electron chi connectivity index (χ1n) is 10.4. The van der Waals surface area contributed by atoms with Crippen molar-refractivity contribution in [2.75, 3.05) is 0 Å². The summed E-state index contributed by atoms with van der Waals surface area (Å²) < 4.78 is 0. The largest absolute Gasteiger partial charge is 0.0822 e. The molecule has 0 bridgehead atoms. The van der Waals surface area contributed by atoms with Gasteiger partial charge in [0.25, 0.3) is 0 Å². The molecule has 0 aliphatic heterocycles. The monoisotopic (exact) mass is 304 g/mol. The molecule has 0 amide bonds. The van der Waals surface area contributed by atoms with E-state index in [9.17, 15) is 0 Å². The molecule has 0 nitrogen and oxygen atoms in total. The zero-order valence-electron chi connectivity index (χ0n) is 15.6. The van der Waals surface area contributed by atoms with Gasteiger partial charge >= 0.3 is 0 Å². The van der Waals surface area contributed by atoms with Crippen LogP contribution in [0.25, 0.3) is 0 Å². The highest BCUT2D eigenvalue weighted by atomic mass is 14.3. The predicted molar refractivity (Wildman–Crippen MR) is 99.1 cm³/mol. The topological polar surface area (TPSA) is 0 Å². The molecule has 128 valence electrons. The molecule has 2 rings (SSSR count). The van der Waals surface area contributed by atoms with E-state index < -0.39 is 0 Å². The molecular weight excluding hydrogens is 264 g/mol. The normalized spacial score (nSPS) is 33.9. The van der Waals surface area contributed by atoms with Gasteiger partial charge in [-0.2, -0.15) is 0 Å². The van der Waals surface area contributed by atoms with Crippen molar-refractivity contribution in [3.05, 3.63) is 11.6 Å². The van der Waals surface area contributed by atoms with Crippen molar-refractivity contribution in [1.82, 2.24) is 0 Å². The molecule has 0 radical (unpaired) electrons. The second-order valence-electron chi connectivity index (χ2n) is 8.34. The van der Waals surface area contributed by atoms with Gasteiger partial charge in [-0.05, 0) is 82.0 Å². The van der Waals surface area contributed by atoms with E-state index in [4.69, 9.17) is 0 Å². The highest BCUT2D eigenvalue weighted by molar-refractivity contribution is 5.07. The first-order valence-corrected chi connectivity index (χ1v) is 10.4. The van der Waals surface area contributed by atoms with Crippen LogP contribution in [0.5, 0.6) is 0 Å². The standard InChI is InChI=1S/C22H40/c1-4-6-8-20-9-11-21(12-10-20)17-18(3)22-15-13-19(7-5-2)14-16-22/h17,19-22H,4-16H2,1-3H3/b18-17+. The lowest BCUT2D eigenvalue weighted by Gasteiger charge is -2.31.